The Morgan fingerprint density at radius 3 is 2.77 bits per heavy atom. The van der Waals surface area contributed by atoms with Gasteiger partial charge in [-0.15, -0.1) is 0 Å². The minimum absolute atomic E-state index is 0.155. The number of rotatable bonds is 6. The van der Waals surface area contributed by atoms with Crippen molar-refractivity contribution in [1.82, 2.24) is 20.0 Å². The molecule has 1 amide bonds. The van der Waals surface area contributed by atoms with Crippen molar-refractivity contribution < 1.29 is 9.18 Å². The normalized spacial score (nSPS) is 16.0. The smallest absolute Gasteiger partial charge is 0.254 e. The predicted molar refractivity (Wildman–Crippen MR) is 100 cm³/mol. The molecule has 1 aromatic carbocycles. The topological polar surface area (TPSA) is 50.2 Å². The second-order valence-corrected chi connectivity index (χ2v) is 7.14. The van der Waals surface area contributed by atoms with Gasteiger partial charge in [-0.3, -0.25) is 4.79 Å². The van der Waals surface area contributed by atoms with Gasteiger partial charge in [0, 0.05) is 6.54 Å². The van der Waals surface area contributed by atoms with Gasteiger partial charge < -0.3 is 10.2 Å². The molecule has 0 radical (unpaired) electrons. The number of aromatic nitrogens is 2. The average molecular weight is 358 g/mol. The van der Waals surface area contributed by atoms with Crippen LogP contribution in [-0.2, 0) is 0 Å². The molecule has 0 spiro atoms. The van der Waals surface area contributed by atoms with E-state index in [0.29, 0.717) is 23.5 Å². The van der Waals surface area contributed by atoms with Gasteiger partial charge in [0.15, 0.2) is 0 Å². The Morgan fingerprint density at radius 2 is 2.04 bits per heavy atom. The maximum atomic E-state index is 13.9. The molecule has 0 unspecified atom stereocenters. The standard InChI is InChI=1S/C20H27FN4O/c1-15-8-12-24(13-9-15)11-5-10-22-20(26)17-14-23-25(16(17)2)19-7-4-3-6-18(19)21/h3-4,6-7,14-15H,5,8-13H2,1-2H3,(H,22,26). The van der Waals surface area contributed by atoms with Crippen molar-refractivity contribution in [3.8, 4) is 5.69 Å². The van der Waals surface area contributed by atoms with Crippen LogP contribution in [0.1, 0.15) is 42.2 Å². The first-order chi connectivity index (χ1) is 12.6. The molecule has 26 heavy (non-hydrogen) atoms. The van der Waals surface area contributed by atoms with Gasteiger partial charge in [-0.05, 0) is 63.9 Å². The molecule has 5 nitrogen and oxygen atoms in total. The summed E-state index contributed by atoms with van der Waals surface area (Å²) in [5.74, 6) is 0.318. The molecule has 1 saturated heterocycles. The SMILES string of the molecule is Cc1c(C(=O)NCCCN2CCC(C)CC2)cnn1-c1ccccc1F. The molecule has 1 N–H and O–H groups in total. The van der Waals surface area contributed by atoms with E-state index in [-0.39, 0.29) is 11.7 Å². The summed E-state index contributed by atoms with van der Waals surface area (Å²) < 4.78 is 15.4. The van der Waals surface area contributed by atoms with Crippen LogP contribution in [0, 0.1) is 18.7 Å². The van der Waals surface area contributed by atoms with Crippen LogP contribution >= 0.6 is 0 Å². The monoisotopic (exact) mass is 358 g/mol. The number of piperidine rings is 1. The number of nitrogens with one attached hydrogen (secondary N) is 1. The van der Waals surface area contributed by atoms with Crippen LogP contribution in [0.25, 0.3) is 5.69 Å². The molecule has 1 aromatic heterocycles. The number of halogens is 1. The molecule has 0 saturated carbocycles. The minimum Gasteiger partial charge on any atom is -0.352 e. The first-order valence-corrected chi connectivity index (χ1v) is 9.36. The molecule has 1 aliphatic heterocycles. The van der Waals surface area contributed by atoms with Crippen LogP contribution in [0.2, 0.25) is 0 Å². The Labute approximate surface area is 154 Å². The van der Waals surface area contributed by atoms with Gasteiger partial charge in [0.25, 0.3) is 5.91 Å². The Balaban J connectivity index is 1.52. The molecule has 6 heteroatoms. The van der Waals surface area contributed by atoms with Crippen LogP contribution in [0.3, 0.4) is 0 Å². The maximum Gasteiger partial charge on any atom is 0.254 e. The van der Waals surface area contributed by atoms with Crippen LogP contribution in [-0.4, -0.2) is 46.8 Å². The van der Waals surface area contributed by atoms with Gasteiger partial charge in [-0.25, -0.2) is 9.07 Å². The van der Waals surface area contributed by atoms with Crippen molar-refractivity contribution in [2.45, 2.75) is 33.1 Å². The van der Waals surface area contributed by atoms with Crippen molar-refractivity contribution in [2.24, 2.45) is 5.92 Å². The lowest BCUT2D eigenvalue weighted by molar-refractivity contribution is 0.0950. The summed E-state index contributed by atoms with van der Waals surface area (Å²) in [5.41, 5.74) is 1.47. The fraction of sp³-hybridized carbons (Fsp3) is 0.500. The fourth-order valence-electron chi connectivity index (χ4n) is 3.38. The van der Waals surface area contributed by atoms with Crippen LogP contribution in [0.5, 0.6) is 0 Å². The largest absolute Gasteiger partial charge is 0.352 e. The summed E-state index contributed by atoms with van der Waals surface area (Å²) >= 11 is 0. The first-order valence-electron chi connectivity index (χ1n) is 9.36. The van der Waals surface area contributed by atoms with Gasteiger partial charge in [0.05, 0.1) is 17.5 Å². The molecule has 1 fully saturated rings. The zero-order chi connectivity index (χ0) is 18.5. The van der Waals surface area contributed by atoms with Crippen LogP contribution in [0.4, 0.5) is 4.39 Å². The molecule has 0 bridgehead atoms. The van der Waals surface area contributed by atoms with Crippen molar-refractivity contribution in [2.75, 3.05) is 26.2 Å². The van der Waals surface area contributed by atoms with Crippen molar-refractivity contribution >= 4 is 5.91 Å². The van der Waals surface area contributed by atoms with E-state index in [0.717, 1.165) is 32.0 Å². The summed E-state index contributed by atoms with van der Waals surface area (Å²) in [5, 5.41) is 7.14. The number of amides is 1. The van der Waals surface area contributed by atoms with Gasteiger partial charge in [0.2, 0.25) is 0 Å². The van der Waals surface area contributed by atoms with Crippen molar-refractivity contribution in [3.05, 3.63) is 47.5 Å². The number of para-hydroxylation sites is 1. The molecule has 2 heterocycles. The van der Waals surface area contributed by atoms with E-state index < -0.39 is 0 Å². The number of benzene rings is 1. The minimum atomic E-state index is -0.360. The fourth-order valence-corrected chi connectivity index (χ4v) is 3.38. The summed E-state index contributed by atoms with van der Waals surface area (Å²) in [4.78, 5) is 14.9. The lowest BCUT2D eigenvalue weighted by Gasteiger charge is -2.30. The number of likely N-dealkylation sites (tertiary alicyclic amines) is 1. The highest BCUT2D eigenvalue weighted by Gasteiger charge is 2.17. The van der Waals surface area contributed by atoms with E-state index in [2.05, 4.69) is 22.2 Å². The molecule has 1 aliphatic rings. The quantitative estimate of drug-likeness (QED) is 0.807. The van der Waals surface area contributed by atoms with Crippen LogP contribution < -0.4 is 5.32 Å². The Kier molecular flexibility index (Phi) is 6.04. The van der Waals surface area contributed by atoms with E-state index in [1.54, 1.807) is 25.1 Å². The van der Waals surface area contributed by atoms with E-state index in [1.807, 2.05) is 0 Å². The van der Waals surface area contributed by atoms with E-state index >= 15 is 0 Å². The molecule has 0 aliphatic carbocycles. The number of hydrogen-bond donors (Lipinski definition) is 1. The first kappa shape index (κ1) is 18.6. The molecular weight excluding hydrogens is 331 g/mol. The summed E-state index contributed by atoms with van der Waals surface area (Å²) in [7, 11) is 0. The Bertz CT molecular complexity index is 750. The lowest BCUT2D eigenvalue weighted by Crippen LogP contribution is -2.35. The molecule has 2 aromatic rings. The van der Waals surface area contributed by atoms with E-state index in [1.165, 1.54) is 29.8 Å². The second-order valence-electron chi connectivity index (χ2n) is 7.14. The van der Waals surface area contributed by atoms with Gasteiger partial charge in [0.1, 0.15) is 11.5 Å². The third-order valence-electron chi connectivity index (χ3n) is 5.15. The van der Waals surface area contributed by atoms with E-state index in [9.17, 15) is 9.18 Å². The third-order valence-corrected chi connectivity index (χ3v) is 5.15. The van der Waals surface area contributed by atoms with Crippen molar-refractivity contribution in [1.29, 1.82) is 0 Å². The average Bonchev–Trinajstić information content (AvgIpc) is 3.02. The molecular formula is C20H27FN4O. The molecule has 3 rings (SSSR count). The number of carbonyl (C=O) groups is 1. The number of nitrogens with zero attached hydrogens (tertiary/aromatic N) is 3. The maximum absolute atomic E-state index is 13.9. The second kappa shape index (κ2) is 8.45. The Morgan fingerprint density at radius 1 is 1.31 bits per heavy atom. The molecule has 140 valence electrons. The zero-order valence-electron chi connectivity index (χ0n) is 15.5. The van der Waals surface area contributed by atoms with Crippen LogP contribution in [0.15, 0.2) is 30.5 Å². The summed E-state index contributed by atoms with van der Waals surface area (Å²) in [6.07, 6.45) is 4.96. The predicted octanol–water partition coefficient (Wildman–Crippen LogP) is 3.17. The van der Waals surface area contributed by atoms with Gasteiger partial charge >= 0.3 is 0 Å². The number of carbonyl (C=O) groups excluding carboxylic acids is 1. The lowest BCUT2D eigenvalue weighted by atomic mass is 9.99. The highest BCUT2D eigenvalue weighted by molar-refractivity contribution is 5.95. The van der Waals surface area contributed by atoms with Gasteiger partial charge in [-0.2, -0.15) is 5.10 Å². The van der Waals surface area contributed by atoms with Gasteiger partial charge in [-0.1, -0.05) is 19.1 Å². The van der Waals surface area contributed by atoms with E-state index in [4.69, 9.17) is 0 Å². The third kappa shape index (κ3) is 4.30. The van der Waals surface area contributed by atoms with Crippen molar-refractivity contribution in [3.63, 3.8) is 0 Å². The zero-order valence-corrected chi connectivity index (χ0v) is 15.5. The summed E-state index contributed by atoms with van der Waals surface area (Å²) in [6, 6.07) is 6.42. The Hall–Kier alpha value is -2.21. The summed E-state index contributed by atoms with van der Waals surface area (Å²) in [6.45, 7) is 8.05. The highest BCUT2D eigenvalue weighted by Crippen LogP contribution is 2.17. The highest BCUT2D eigenvalue weighted by atomic mass is 19.1. The number of hydrogen-bond acceptors (Lipinski definition) is 3. The molecule has 0 atom stereocenters.